The van der Waals surface area contributed by atoms with Gasteiger partial charge in [0.05, 0.1) is 5.41 Å². The second kappa shape index (κ2) is 11.5. The lowest BCUT2D eigenvalue weighted by molar-refractivity contribution is -0.131. The van der Waals surface area contributed by atoms with E-state index in [1.54, 1.807) is 12.1 Å². The molecule has 0 radical (unpaired) electrons. The van der Waals surface area contributed by atoms with E-state index in [0.29, 0.717) is 12.0 Å². The van der Waals surface area contributed by atoms with Crippen LogP contribution in [0.3, 0.4) is 0 Å². The van der Waals surface area contributed by atoms with Gasteiger partial charge in [-0.1, -0.05) is 50.2 Å². The summed E-state index contributed by atoms with van der Waals surface area (Å²) in [6.45, 7) is 5.88. The molecule has 5 nitrogen and oxygen atoms in total. The first-order valence-corrected chi connectivity index (χ1v) is 12.6. The minimum absolute atomic E-state index is 0.0558. The molecule has 0 saturated carbocycles. The van der Waals surface area contributed by atoms with E-state index in [1.165, 1.54) is 18.3 Å². The zero-order chi connectivity index (χ0) is 25.5. The highest BCUT2D eigenvalue weighted by molar-refractivity contribution is 5.88. The van der Waals surface area contributed by atoms with Crippen LogP contribution in [-0.4, -0.2) is 31.3 Å². The predicted molar refractivity (Wildman–Crippen MR) is 145 cm³/mol. The van der Waals surface area contributed by atoms with Gasteiger partial charge in [0.2, 0.25) is 5.91 Å². The number of rotatable bonds is 9. The molecule has 4 rings (SSSR count). The number of carbonyl (C=O) groups excluding carboxylic acids is 1. The molecule has 188 valence electrons. The Labute approximate surface area is 213 Å². The van der Waals surface area contributed by atoms with Crippen LogP contribution < -0.4 is 16.0 Å². The number of amides is 1. The lowest BCUT2D eigenvalue weighted by Gasteiger charge is -2.36. The Balaban J connectivity index is 1.64. The van der Waals surface area contributed by atoms with E-state index in [0.717, 1.165) is 48.4 Å². The van der Waals surface area contributed by atoms with Crippen LogP contribution in [0.1, 0.15) is 49.3 Å². The van der Waals surface area contributed by atoms with Gasteiger partial charge in [-0.25, -0.2) is 4.39 Å². The largest absolute Gasteiger partial charge is 0.355 e. The van der Waals surface area contributed by atoms with Gasteiger partial charge in [0.15, 0.2) is 0 Å². The molecule has 3 aromatic carbocycles. The van der Waals surface area contributed by atoms with E-state index < -0.39 is 5.41 Å². The summed E-state index contributed by atoms with van der Waals surface area (Å²) in [7, 11) is 0. The van der Waals surface area contributed by atoms with Crippen LogP contribution in [0.5, 0.6) is 0 Å². The molecule has 0 bridgehead atoms. The molecule has 1 amide bonds. The normalized spacial score (nSPS) is 15.2. The lowest BCUT2D eigenvalue weighted by Crippen LogP contribution is -2.49. The summed E-state index contributed by atoms with van der Waals surface area (Å²) in [4.78, 5) is 13.6. The molecular weight excluding hydrogens is 451 g/mol. The van der Waals surface area contributed by atoms with Gasteiger partial charge < -0.3 is 21.4 Å². The minimum atomic E-state index is -0.675. The highest BCUT2D eigenvalue weighted by Crippen LogP contribution is 2.40. The summed E-state index contributed by atoms with van der Waals surface area (Å²) in [5.74, 6) is -0.336. The fourth-order valence-corrected chi connectivity index (χ4v) is 4.86. The molecule has 1 unspecified atom stereocenters. The van der Waals surface area contributed by atoms with Crippen LogP contribution in [0.2, 0.25) is 0 Å². The summed E-state index contributed by atoms with van der Waals surface area (Å²) >= 11 is 0. The maximum atomic E-state index is 13.6. The van der Waals surface area contributed by atoms with Crippen LogP contribution in [0, 0.1) is 16.6 Å². The average Bonchev–Trinajstić information content (AvgIpc) is 2.90. The molecule has 0 spiro atoms. The summed E-state index contributed by atoms with van der Waals surface area (Å²) < 4.78 is 13.3. The van der Waals surface area contributed by atoms with E-state index in [-0.39, 0.29) is 23.7 Å². The second-order valence-corrected chi connectivity index (χ2v) is 10.1. The summed E-state index contributed by atoms with van der Waals surface area (Å²) in [5, 5.41) is 18.0. The van der Waals surface area contributed by atoms with Gasteiger partial charge in [0.25, 0.3) is 0 Å². The zero-order valence-electron chi connectivity index (χ0n) is 21.0. The third-order valence-electron chi connectivity index (χ3n) is 7.17. The number of benzene rings is 3. The predicted octanol–water partition coefficient (Wildman–Crippen LogP) is 5.79. The Morgan fingerprint density at radius 3 is 2.44 bits per heavy atom. The van der Waals surface area contributed by atoms with Gasteiger partial charge >= 0.3 is 0 Å². The van der Waals surface area contributed by atoms with Gasteiger partial charge in [-0.15, -0.1) is 0 Å². The Kier molecular flexibility index (Phi) is 8.16. The molecule has 1 fully saturated rings. The van der Waals surface area contributed by atoms with Crippen LogP contribution in [0.4, 0.5) is 15.8 Å². The first kappa shape index (κ1) is 25.6. The molecule has 0 aromatic heterocycles. The molecule has 1 heterocycles. The third kappa shape index (κ3) is 6.18. The Hall–Kier alpha value is -3.51. The van der Waals surface area contributed by atoms with Crippen LogP contribution in [0.25, 0.3) is 0 Å². The molecule has 1 saturated heterocycles. The summed E-state index contributed by atoms with van der Waals surface area (Å²) in [5.41, 5.74) is 3.71. The zero-order valence-corrected chi connectivity index (χ0v) is 21.0. The maximum Gasteiger partial charge on any atom is 0.226 e. The van der Waals surface area contributed by atoms with E-state index in [4.69, 9.17) is 5.41 Å². The quantitative estimate of drug-likeness (QED) is 0.289. The van der Waals surface area contributed by atoms with Crippen molar-refractivity contribution in [2.75, 3.05) is 18.4 Å². The van der Waals surface area contributed by atoms with Crippen LogP contribution >= 0.6 is 0 Å². The SMILES string of the molecule is CC(C)(C(=O)NC1CCNCC1)C(Cc1ccccc1)c1ccc(Nc2ccc(F)cc2)c(C=N)c1. The molecular formula is C30H35FN4O. The summed E-state index contributed by atoms with van der Waals surface area (Å²) in [6.07, 6.45) is 3.90. The number of anilines is 2. The topological polar surface area (TPSA) is 77.0 Å². The van der Waals surface area contributed by atoms with Crippen molar-refractivity contribution in [1.82, 2.24) is 10.6 Å². The van der Waals surface area contributed by atoms with Crippen molar-refractivity contribution in [3.63, 3.8) is 0 Å². The van der Waals surface area contributed by atoms with Gasteiger partial charge in [0.1, 0.15) is 5.82 Å². The number of carbonyl (C=O) groups is 1. The van der Waals surface area contributed by atoms with Crippen molar-refractivity contribution in [3.05, 3.63) is 95.3 Å². The average molecular weight is 487 g/mol. The Morgan fingerprint density at radius 2 is 1.78 bits per heavy atom. The number of nitrogens with one attached hydrogen (secondary N) is 4. The molecule has 6 heteroatoms. The fraction of sp³-hybridized carbons (Fsp3) is 0.333. The number of hydrogen-bond donors (Lipinski definition) is 4. The maximum absolute atomic E-state index is 13.6. The smallest absolute Gasteiger partial charge is 0.226 e. The minimum Gasteiger partial charge on any atom is -0.355 e. The number of piperidine rings is 1. The van der Waals surface area contributed by atoms with E-state index in [1.807, 2.05) is 50.2 Å². The van der Waals surface area contributed by atoms with Crippen LogP contribution in [-0.2, 0) is 11.2 Å². The lowest BCUT2D eigenvalue weighted by atomic mass is 9.71. The highest BCUT2D eigenvalue weighted by Gasteiger charge is 2.39. The fourth-order valence-electron chi connectivity index (χ4n) is 4.86. The van der Waals surface area contributed by atoms with E-state index in [2.05, 4.69) is 28.1 Å². The van der Waals surface area contributed by atoms with Crippen molar-refractivity contribution < 1.29 is 9.18 Å². The van der Waals surface area contributed by atoms with Crippen LogP contribution in [0.15, 0.2) is 72.8 Å². The van der Waals surface area contributed by atoms with Crippen molar-refractivity contribution in [2.24, 2.45) is 5.41 Å². The molecule has 3 aromatic rings. The molecule has 4 N–H and O–H groups in total. The van der Waals surface area contributed by atoms with Crippen molar-refractivity contribution in [3.8, 4) is 0 Å². The highest BCUT2D eigenvalue weighted by atomic mass is 19.1. The van der Waals surface area contributed by atoms with Crippen molar-refractivity contribution in [1.29, 1.82) is 5.41 Å². The summed E-state index contributed by atoms with van der Waals surface area (Å²) in [6, 6.07) is 22.5. The molecule has 1 atom stereocenters. The molecule has 0 aliphatic carbocycles. The number of hydrogen-bond acceptors (Lipinski definition) is 4. The van der Waals surface area contributed by atoms with Gasteiger partial charge in [-0.05, 0) is 79.9 Å². The van der Waals surface area contributed by atoms with E-state index in [9.17, 15) is 9.18 Å². The molecule has 1 aliphatic rings. The monoisotopic (exact) mass is 486 g/mol. The van der Waals surface area contributed by atoms with Gasteiger partial charge in [0, 0.05) is 35.1 Å². The van der Waals surface area contributed by atoms with Crippen molar-refractivity contribution in [2.45, 2.75) is 45.1 Å². The third-order valence-corrected chi connectivity index (χ3v) is 7.17. The van der Waals surface area contributed by atoms with Gasteiger partial charge in [-0.3, -0.25) is 4.79 Å². The Bertz CT molecular complexity index is 1170. The van der Waals surface area contributed by atoms with E-state index >= 15 is 0 Å². The Morgan fingerprint density at radius 1 is 1.08 bits per heavy atom. The molecule has 36 heavy (non-hydrogen) atoms. The standard InChI is InChI=1S/C30H35FN4O/c1-30(2,29(36)35-26-14-16-33-17-15-26)27(18-21-6-4-3-5-7-21)22-8-13-28(23(19-22)20-32)34-25-11-9-24(31)10-12-25/h3-13,19-20,26-27,32-34H,14-18H2,1-2H3,(H,35,36). The van der Waals surface area contributed by atoms with Crippen molar-refractivity contribution >= 4 is 23.5 Å². The molecule has 1 aliphatic heterocycles. The first-order valence-electron chi connectivity index (χ1n) is 12.6. The number of halogens is 1. The van der Waals surface area contributed by atoms with Gasteiger partial charge in [-0.2, -0.15) is 0 Å². The second-order valence-electron chi connectivity index (χ2n) is 10.1. The first-order chi connectivity index (χ1) is 17.4.